The summed E-state index contributed by atoms with van der Waals surface area (Å²) in [5, 5.41) is 3.26. The lowest BCUT2D eigenvalue weighted by Gasteiger charge is -2.37. The molecule has 1 heterocycles. The van der Waals surface area contributed by atoms with Crippen LogP contribution in [-0.4, -0.2) is 36.6 Å². The monoisotopic (exact) mass is 579 g/mol. The van der Waals surface area contributed by atoms with Crippen molar-refractivity contribution in [2.45, 2.75) is 57.1 Å². The zero-order chi connectivity index (χ0) is 29.2. The quantitative estimate of drug-likeness (QED) is 0.393. The Labute approximate surface area is 241 Å². The van der Waals surface area contributed by atoms with Crippen molar-refractivity contribution in [1.29, 1.82) is 0 Å². The van der Waals surface area contributed by atoms with Gasteiger partial charge in [-0.05, 0) is 47.2 Å². The van der Waals surface area contributed by atoms with E-state index in [2.05, 4.69) is 5.32 Å². The van der Waals surface area contributed by atoms with Crippen LogP contribution in [0.25, 0.3) is 0 Å². The predicted octanol–water partition coefficient (Wildman–Crippen LogP) is 4.95. The van der Waals surface area contributed by atoms with Crippen molar-refractivity contribution < 1.29 is 18.0 Å². The number of amides is 2. The minimum absolute atomic E-state index is 0.164. The fourth-order valence-electron chi connectivity index (χ4n) is 5.00. The van der Waals surface area contributed by atoms with Crippen LogP contribution in [0.3, 0.4) is 0 Å². The number of carbonyl (C=O) groups excluding carboxylic acids is 2. The number of carbonyl (C=O) groups is 2. The first-order chi connectivity index (χ1) is 18.8. The number of nitrogens with two attached hydrogens (primary N) is 1. The van der Waals surface area contributed by atoms with Gasteiger partial charge in [0.2, 0.25) is 21.8 Å². The molecule has 1 aliphatic rings. The minimum Gasteiger partial charge on any atom is -0.368 e. The molecule has 210 valence electrons. The standard InChI is InChI=1S/C31H34ClN3O4S/c1-20-10-8-9-13-26(20)40(38,39)35-27(31(2,3)4)19-24(28(35)22-14-16-23(32)17-15-22)30(37)34-25(29(33)36)18-21-11-6-5-7-12-21/h5-17,19,25,27-28H,18H2,1-4H3,(H2,33,36)(H,34,37)/t25-,27-,28?/m0/s1. The van der Waals surface area contributed by atoms with Crippen molar-refractivity contribution in [3.05, 3.63) is 112 Å². The van der Waals surface area contributed by atoms with Crippen molar-refractivity contribution in [1.82, 2.24) is 9.62 Å². The maximum Gasteiger partial charge on any atom is 0.249 e. The average Bonchev–Trinajstić information content (AvgIpc) is 3.32. The highest BCUT2D eigenvalue weighted by Gasteiger charge is 2.50. The Morgan fingerprint density at radius 1 is 0.975 bits per heavy atom. The molecule has 4 rings (SSSR count). The lowest BCUT2D eigenvalue weighted by Crippen LogP contribution is -2.48. The molecular formula is C31H34ClN3O4S. The Bertz CT molecular complexity index is 1530. The summed E-state index contributed by atoms with van der Waals surface area (Å²) in [5.74, 6) is -1.24. The summed E-state index contributed by atoms with van der Waals surface area (Å²) in [6.45, 7) is 7.52. The summed E-state index contributed by atoms with van der Waals surface area (Å²) >= 11 is 6.17. The molecule has 1 unspecified atom stereocenters. The Morgan fingerprint density at radius 2 is 1.57 bits per heavy atom. The predicted molar refractivity (Wildman–Crippen MR) is 157 cm³/mol. The molecule has 2 amide bonds. The van der Waals surface area contributed by atoms with E-state index < -0.39 is 45.4 Å². The highest BCUT2D eigenvalue weighted by atomic mass is 35.5. The third-order valence-corrected chi connectivity index (χ3v) is 9.34. The second-order valence-corrected chi connectivity index (χ2v) is 13.4. The molecule has 3 aromatic rings. The molecule has 0 radical (unpaired) electrons. The number of rotatable bonds is 8. The first-order valence-electron chi connectivity index (χ1n) is 13.0. The first kappa shape index (κ1) is 29.5. The maximum atomic E-state index is 14.4. The fourth-order valence-corrected chi connectivity index (χ4v) is 7.26. The number of aryl methyl sites for hydroxylation is 1. The number of hydrogen-bond donors (Lipinski definition) is 2. The Morgan fingerprint density at radius 3 is 2.15 bits per heavy atom. The fraction of sp³-hybridized carbons (Fsp3) is 0.290. The molecule has 0 spiro atoms. The number of halogens is 1. The van der Waals surface area contributed by atoms with E-state index in [4.69, 9.17) is 17.3 Å². The third kappa shape index (κ3) is 6.14. The smallest absolute Gasteiger partial charge is 0.249 e. The molecule has 40 heavy (non-hydrogen) atoms. The van der Waals surface area contributed by atoms with Gasteiger partial charge in [-0.25, -0.2) is 8.42 Å². The zero-order valence-corrected chi connectivity index (χ0v) is 24.5. The second kappa shape index (κ2) is 11.6. The van der Waals surface area contributed by atoms with Gasteiger partial charge in [-0.15, -0.1) is 0 Å². The van der Waals surface area contributed by atoms with Crippen molar-refractivity contribution in [3.63, 3.8) is 0 Å². The van der Waals surface area contributed by atoms with Crippen LogP contribution in [0.2, 0.25) is 5.02 Å². The van der Waals surface area contributed by atoms with E-state index in [-0.39, 0.29) is 16.9 Å². The topological polar surface area (TPSA) is 110 Å². The zero-order valence-electron chi connectivity index (χ0n) is 23.0. The van der Waals surface area contributed by atoms with E-state index in [0.717, 1.165) is 5.56 Å². The highest BCUT2D eigenvalue weighted by molar-refractivity contribution is 7.89. The Kier molecular flexibility index (Phi) is 8.54. The number of nitrogens with zero attached hydrogens (tertiary/aromatic N) is 1. The van der Waals surface area contributed by atoms with Gasteiger partial charge >= 0.3 is 0 Å². The summed E-state index contributed by atoms with van der Waals surface area (Å²) in [4.78, 5) is 26.5. The van der Waals surface area contributed by atoms with Gasteiger partial charge in [-0.2, -0.15) is 4.31 Å². The molecule has 0 saturated carbocycles. The van der Waals surface area contributed by atoms with Gasteiger partial charge in [-0.3, -0.25) is 9.59 Å². The normalized spacial score (nSPS) is 18.7. The molecule has 0 bridgehead atoms. The minimum atomic E-state index is -4.09. The van der Waals surface area contributed by atoms with Gasteiger partial charge in [0.1, 0.15) is 6.04 Å². The SMILES string of the molecule is Cc1ccccc1S(=O)(=O)N1C(c2ccc(Cl)cc2)C(C(=O)N[C@@H](Cc2ccccc2)C(N)=O)=C[C@H]1C(C)(C)C. The first-order valence-corrected chi connectivity index (χ1v) is 14.8. The van der Waals surface area contributed by atoms with Crippen LogP contribution < -0.4 is 11.1 Å². The number of sulfonamides is 1. The van der Waals surface area contributed by atoms with E-state index in [9.17, 15) is 18.0 Å². The summed E-state index contributed by atoms with van der Waals surface area (Å²) < 4.78 is 30.1. The molecule has 3 N–H and O–H groups in total. The molecule has 0 saturated heterocycles. The molecule has 0 fully saturated rings. The number of benzene rings is 3. The number of hydrogen-bond acceptors (Lipinski definition) is 4. The molecule has 3 atom stereocenters. The van der Waals surface area contributed by atoms with Crippen LogP contribution in [0, 0.1) is 12.3 Å². The van der Waals surface area contributed by atoms with Gasteiger partial charge in [0.15, 0.2) is 0 Å². The lowest BCUT2D eigenvalue weighted by atomic mass is 9.87. The molecule has 0 aromatic heterocycles. The summed E-state index contributed by atoms with van der Waals surface area (Å²) in [6, 6.07) is 20.2. The second-order valence-electron chi connectivity index (χ2n) is 11.1. The van der Waals surface area contributed by atoms with Gasteiger partial charge in [-0.1, -0.05) is 99.1 Å². The average molecular weight is 580 g/mol. The van der Waals surface area contributed by atoms with Gasteiger partial charge in [0, 0.05) is 23.1 Å². The molecule has 9 heteroatoms. The van der Waals surface area contributed by atoms with E-state index in [0.29, 0.717) is 16.1 Å². The van der Waals surface area contributed by atoms with Crippen LogP contribution in [0.5, 0.6) is 0 Å². The van der Waals surface area contributed by atoms with Crippen LogP contribution in [0.4, 0.5) is 0 Å². The Balaban J connectivity index is 1.82. The van der Waals surface area contributed by atoms with Crippen molar-refractivity contribution >= 4 is 33.4 Å². The lowest BCUT2D eigenvalue weighted by molar-refractivity contribution is -0.125. The van der Waals surface area contributed by atoms with Crippen molar-refractivity contribution in [3.8, 4) is 0 Å². The molecule has 1 aliphatic heterocycles. The summed E-state index contributed by atoms with van der Waals surface area (Å²) in [7, 11) is -4.09. The molecule has 0 aliphatic carbocycles. The van der Waals surface area contributed by atoms with Crippen LogP contribution in [0.1, 0.15) is 43.5 Å². The van der Waals surface area contributed by atoms with E-state index in [1.807, 2.05) is 51.1 Å². The number of nitrogens with one attached hydrogen (secondary N) is 1. The molecular weight excluding hydrogens is 546 g/mol. The third-order valence-electron chi connectivity index (χ3n) is 7.08. The molecule has 7 nitrogen and oxygen atoms in total. The van der Waals surface area contributed by atoms with Gasteiger partial charge in [0.05, 0.1) is 10.9 Å². The summed E-state index contributed by atoms with van der Waals surface area (Å²) in [5.41, 5.74) is 7.34. The van der Waals surface area contributed by atoms with E-state index >= 15 is 0 Å². The van der Waals surface area contributed by atoms with Crippen LogP contribution in [-0.2, 0) is 26.0 Å². The van der Waals surface area contributed by atoms with Crippen LogP contribution in [0.15, 0.2) is 95.4 Å². The van der Waals surface area contributed by atoms with E-state index in [1.165, 1.54) is 4.31 Å². The number of primary amides is 1. The molecule has 3 aromatic carbocycles. The van der Waals surface area contributed by atoms with E-state index in [1.54, 1.807) is 61.5 Å². The highest BCUT2D eigenvalue weighted by Crippen LogP contribution is 2.46. The van der Waals surface area contributed by atoms with Gasteiger partial charge < -0.3 is 11.1 Å². The van der Waals surface area contributed by atoms with Gasteiger partial charge in [0.25, 0.3) is 0 Å². The van der Waals surface area contributed by atoms with Crippen LogP contribution >= 0.6 is 11.6 Å². The van der Waals surface area contributed by atoms with Crippen molar-refractivity contribution in [2.75, 3.05) is 0 Å². The largest absolute Gasteiger partial charge is 0.368 e. The van der Waals surface area contributed by atoms with Crippen molar-refractivity contribution in [2.24, 2.45) is 11.1 Å². The maximum absolute atomic E-state index is 14.4. The Hall–Kier alpha value is -3.46. The summed E-state index contributed by atoms with van der Waals surface area (Å²) in [6.07, 6.45) is 1.90.